The highest BCUT2D eigenvalue weighted by Crippen LogP contribution is 2.33. The van der Waals surface area contributed by atoms with Crippen LogP contribution in [-0.2, 0) is 7.05 Å². The molecule has 152 valence electrons. The summed E-state index contributed by atoms with van der Waals surface area (Å²) in [4.78, 5) is 32.9. The van der Waals surface area contributed by atoms with E-state index in [4.69, 9.17) is 0 Å². The second kappa shape index (κ2) is 6.81. The van der Waals surface area contributed by atoms with Gasteiger partial charge in [0.1, 0.15) is 17.0 Å². The summed E-state index contributed by atoms with van der Waals surface area (Å²) in [5.41, 5.74) is 1.29. The Bertz CT molecular complexity index is 1220. The summed E-state index contributed by atoms with van der Waals surface area (Å²) in [5, 5.41) is 9.92. The van der Waals surface area contributed by atoms with Crippen molar-refractivity contribution in [3.8, 4) is 0 Å². The van der Waals surface area contributed by atoms with Gasteiger partial charge in [-0.05, 0) is 33.0 Å². The zero-order valence-corrected chi connectivity index (χ0v) is 16.9. The van der Waals surface area contributed by atoms with Crippen molar-refractivity contribution in [1.29, 1.82) is 0 Å². The lowest BCUT2D eigenvalue weighted by Gasteiger charge is -2.39. The predicted octanol–water partition coefficient (Wildman–Crippen LogP) is 2.37. The lowest BCUT2D eigenvalue weighted by molar-refractivity contribution is 0.0695. The number of piperazine rings is 1. The zero-order valence-electron chi connectivity index (χ0n) is 16.9. The fourth-order valence-electron chi connectivity index (χ4n) is 4.11. The second-order valence-electron chi connectivity index (χ2n) is 7.83. The first kappa shape index (κ1) is 19.3. The van der Waals surface area contributed by atoms with Crippen molar-refractivity contribution in [2.75, 3.05) is 31.6 Å². The maximum atomic E-state index is 15.1. The molecule has 3 aromatic rings. The Morgan fingerprint density at radius 1 is 1.28 bits per heavy atom. The molecule has 1 atom stereocenters. The minimum absolute atomic E-state index is 0.166. The quantitative estimate of drug-likeness (QED) is 0.668. The van der Waals surface area contributed by atoms with E-state index in [-0.39, 0.29) is 16.8 Å². The zero-order chi connectivity index (χ0) is 21.0. The highest BCUT2D eigenvalue weighted by molar-refractivity contribution is 5.98. The number of anilines is 1. The van der Waals surface area contributed by atoms with E-state index >= 15 is 4.39 Å². The highest BCUT2D eigenvalue weighted by Gasteiger charge is 2.26. The van der Waals surface area contributed by atoms with Crippen LogP contribution in [0.4, 0.5) is 10.1 Å². The first-order chi connectivity index (χ1) is 13.7. The van der Waals surface area contributed by atoms with Crippen LogP contribution in [0.1, 0.15) is 22.8 Å². The van der Waals surface area contributed by atoms with Crippen molar-refractivity contribution in [2.24, 2.45) is 7.05 Å². The molecule has 1 N–H and O–H groups in total. The molecule has 8 heteroatoms. The maximum Gasteiger partial charge on any atom is 0.341 e. The minimum atomic E-state index is -1.30. The van der Waals surface area contributed by atoms with E-state index in [0.717, 1.165) is 13.1 Å². The van der Waals surface area contributed by atoms with Crippen molar-refractivity contribution in [2.45, 2.75) is 19.9 Å². The Morgan fingerprint density at radius 3 is 2.66 bits per heavy atom. The SMILES string of the molecule is Cc1c(N2CCN(C)C(C)C2)c(F)cc2cc3c(=O)c(C(=O)O)cn(C)c3nc12. The fourth-order valence-corrected chi connectivity index (χ4v) is 4.11. The van der Waals surface area contributed by atoms with E-state index in [0.29, 0.717) is 40.4 Å². The van der Waals surface area contributed by atoms with Crippen LogP contribution in [0.25, 0.3) is 21.9 Å². The van der Waals surface area contributed by atoms with Gasteiger partial charge in [-0.2, -0.15) is 0 Å². The second-order valence-corrected chi connectivity index (χ2v) is 7.83. The number of carboxylic acid groups (broad SMARTS) is 1. The van der Waals surface area contributed by atoms with Gasteiger partial charge in [0.25, 0.3) is 0 Å². The molecule has 0 radical (unpaired) electrons. The van der Waals surface area contributed by atoms with Gasteiger partial charge in [0.05, 0.1) is 16.6 Å². The predicted molar refractivity (Wildman–Crippen MR) is 110 cm³/mol. The van der Waals surface area contributed by atoms with Crippen LogP contribution in [-0.4, -0.2) is 58.3 Å². The summed E-state index contributed by atoms with van der Waals surface area (Å²) in [5.74, 6) is -1.66. The number of pyridine rings is 2. The first-order valence-corrected chi connectivity index (χ1v) is 9.50. The Labute approximate surface area is 167 Å². The normalized spacial score (nSPS) is 18.0. The van der Waals surface area contributed by atoms with Crippen LogP contribution in [0.2, 0.25) is 0 Å². The molecule has 1 aromatic carbocycles. The standard InChI is InChI=1S/C21H23FN4O3/c1-11-9-26(6-5-24(11)3)18-12(2)17-13(8-16(18)22)7-14-19(27)15(21(28)29)10-25(4)20(14)23-17/h7-8,10-11H,5-6,9H2,1-4H3,(H,28,29). The molecule has 0 bridgehead atoms. The number of halogens is 1. The molecule has 1 unspecified atom stereocenters. The van der Waals surface area contributed by atoms with Gasteiger partial charge in [0.15, 0.2) is 0 Å². The van der Waals surface area contributed by atoms with Crippen molar-refractivity contribution < 1.29 is 14.3 Å². The lowest BCUT2D eigenvalue weighted by atomic mass is 10.0. The third kappa shape index (κ3) is 3.04. The van der Waals surface area contributed by atoms with E-state index < -0.39 is 11.4 Å². The van der Waals surface area contributed by atoms with E-state index in [2.05, 4.69) is 23.9 Å². The number of aromatic nitrogens is 2. The first-order valence-electron chi connectivity index (χ1n) is 9.50. The number of fused-ring (bicyclic) bond motifs is 2. The summed E-state index contributed by atoms with van der Waals surface area (Å²) in [6.45, 7) is 6.23. The van der Waals surface area contributed by atoms with Gasteiger partial charge >= 0.3 is 5.97 Å². The van der Waals surface area contributed by atoms with Gasteiger partial charge in [-0.1, -0.05) is 0 Å². The fraction of sp³-hybridized carbons (Fsp3) is 0.381. The third-order valence-corrected chi connectivity index (χ3v) is 5.90. The summed E-state index contributed by atoms with van der Waals surface area (Å²) in [7, 11) is 3.71. The van der Waals surface area contributed by atoms with E-state index in [1.54, 1.807) is 13.1 Å². The molecule has 1 aliphatic rings. The molecular formula is C21H23FN4O3. The Kier molecular flexibility index (Phi) is 4.53. The van der Waals surface area contributed by atoms with Crippen molar-refractivity contribution in [1.82, 2.24) is 14.5 Å². The number of benzene rings is 1. The topological polar surface area (TPSA) is 78.7 Å². The van der Waals surface area contributed by atoms with Gasteiger partial charge in [-0.3, -0.25) is 4.79 Å². The molecule has 0 amide bonds. The Balaban J connectivity index is 1.96. The van der Waals surface area contributed by atoms with Gasteiger partial charge in [0, 0.05) is 49.9 Å². The number of carbonyl (C=O) groups is 1. The van der Waals surface area contributed by atoms with Gasteiger partial charge in [-0.15, -0.1) is 0 Å². The molecular weight excluding hydrogens is 375 g/mol. The van der Waals surface area contributed by atoms with E-state index in [1.807, 2.05) is 11.8 Å². The summed E-state index contributed by atoms with van der Waals surface area (Å²) in [6.07, 6.45) is 1.27. The summed E-state index contributed by atoms with van der Waals surface area (Å²) in [6, 6.07) is 3.23. The molecule has 3 heterocycles. The van der Waals surface area contributed by atoms with Crippen LogP contribution in [0.5, 0.6) is 0 Å². The average Bonchev–Trinajstić information content (AvgIpc) is 2.66. The summed E-state index contributed by atoms with van der Waals surface area (Å²) < 4.78 is 16.6. The van der Waals surface area contributed by atoms with E-state index in [1.165, 1.54) is 16.8 Å². The largest absolute Gasteiger partial charge is 0.477 e. The van der Waals surface area contributed by atoms with Crippen molar-refractivity contribution in [3.63, 3.8) is 0 Å². The number of carboxylic acids is 1. The van der Waals surface area contributed by atoms with Crippen molar-refractivity contribution >= 4 is 33.6 Å². The summed E-state index contributed by atoms with van der Waals surface area (Å²) >= 11 is 0. The third-order valence-electron chi connectivity index (χ3n) is 5.90. The number of aromatic carboxylic acids is 1. The molecule has 0 aliphatic carbocycles. The Morgan fingerprint density at radius 2 is 2.00 bits per heavy atom. The van der Waals surface area contributed by atoms with Gasteiger partial charge < -0.3 is 19.5 Å². The molecule has 1 fully saturated rings. The van der Waals surface area contributed by atoms with Crippen LogP contribution in [0.3, 0.4) is 0 Å². The molecule has 0 spiro atoms. The highest BCUT2D eigenvalue weighted by atomic mass is 19.1. The lowest BCUT2D eigenvalue weighted by Crippen LogP contribution is -2.50. The number of hydrogen-bond donors (Lipinski definition) is 1. The smallest absolute Gasteiger partial charge is 0.341 e. The van der Waals surface area contributed by atoms with Gasteiger partial charge in [0.2, 0.25) is 5.43 Å². The van der Waals surface area contributed by atoms with Crippen LogP contribution in [0, 0.1) is 12.7 Å². The number of likely N-dealkylation sites (N-methyl/N-ethyl adjacent to an activating group) is 1. The molecule has 29 heavy (non-hydrogen) atoms. The molecule has 0 saturated carbocycles. The molecule has 2 aromatic heterocycles. The Hall–Kier alpha value is -3.00. The van der Waals surface area contributed by atoms with Gasteiger partial charge in [-0.25, -0.2) is 14.2 Å². The number of rotatable bonds is 2. The van der Waals surface area contributed by atoms with Crippen LogP contribution < -0.4 is 10.3 Å². The average molecular weight is 398 g/mol. The molecule has 4 rings (SSSR count). The number of aryl methyl sites for hydroxylation is 2. The monoisotopic (exact) mass is 398 g/mol. The number of nitrogens with zero attached hydrogens (tertiary/aromatic N) is 4. The van der Waals surface area contributed by atoms with Crippen LogP contribution >= 0.6 is 0 Å². The van der Waals surface area contributed by atoms with Crippen LogP contribution in [0.15, 0.2) is 23.1 Å². The van der Waals surface area contributed by atoms with Crippen molar-refractivity contribution in [3.05, 3.63) is 45.5 Å². The van der Waals surface area contributed by atoms with E-state index in [9.17, 15) is 14.7 Å². The molecule has 1 aliphatic heterocycles. The molecule has 7 nitrogen and oxygen atoms in total. The maximum absolute atomic E-state index is 15.1. The molecule has 1 saturated heterocycles. The minimum Gasteiger partial charge on any atom is -0.477 e. The number of hydrogen-bond acceptors (Lipinski definition) is 5.